The molecule has 3 aromatic carbocycles. The maximum atomic E-state index is 6.52. The lowest BCUT2D eigenvalue weighted by Crippen LogP contribution is -2.33. The first kappa shape index (κ1) is 18.1. The van der Waals surface area contributed by atoms with Gasteiger partial charge < -0.3 is 9.47 Å². The van der Waals surface area contributed by atoms with E-state index in [1.54, 1.807) is 0 Å². The van der Waals surface area contributed by atoms with Gasteiger partial charge in [-0.2, -0.15) is 5.10 Å². The Morgan fingerprint density at radius 3 is 2.62 bits per heavy atom. The highest BCUT2D eigenvalue weighted by atomic mass is 35.5. The predicted molar refractivity (Wildman–Crippen MR) is 115 cm³/mol. The summed E-state index contributed by atoms with van der Waals surface area (Å²) in [6, 6.07) is 24.2. The zero-order valence-electron chi connectivity index (χ0n) is 16.1. The maximum absolute atomic E-state index is 6.52. The minimum absolute atomic E-state index is 0.0654. The molecule has 0 saturated heterocycles. The highest BCUT2D eigenvalue weighted by Crippen LogP contribution is 2.49. The van der Waals surface area contributed by atoms with E-state index in [0.717, 1.165) is 40.3 Å². The summed E-state index contributed by atoms with van der Waals surface area (Å²) in [6.07, 6.45) is 0.428. The normalized spacial score (nSPS) is 19.8. The second-order valence-electron chi connectivity index (χ2n) is 7.14. The summed E-state index contributed by atoms with van der Waals surface area (Å²) in [5, 5.41) is 7.70. The Hall–Kier alpha value is -2.98. The van der Waals surface area contributed by atoms with Crippen molar-refractivity contribution in [1.29, 1.82) is 0 Å². The number of rotatable bonds is 4. The van der Waals surface area contributed by atoms with Crippen molar-refractivity contribution in [3.8, 4) is 11.5 Å². The predicted octanol–water partition coefficient (Wildman–Crippen LogP) is 5.98. The van der Waals surface area contributed by atoms with Crippen LogP contribution in [0.5, 0.6) is 11.5 Å². The first-order chi connectivity index (χ1) is 14.2. The van der Waals surface area contributed by atoms with Gasteiger partial charge in [0.2, 0.25) is 6.23 Å². The molecule has 2 aliphatic rings. The van der Waals surface area contributed by atoms with Gasteiger partial charge in [0.15, 0.2) is 0 Å². The second-order valence-corrected chi connectivity index (χ2v) is 7.54. The number of hydrazone groups is 1. The highest BCUT2D eigenvalue weighted by Gasteiger charge is 2.41. The number of ether oxygens (including phenoxy) is 2. The lowest BCUT2D eigenvalue weighted by Gasteiger charge is -2.38. The first-order valence-electron chi connectivity index (χ1n) is 9.83. The number of hydrogen-bond acceptors (Lipinski definition) is 4. The molecule has 3 aromatic rings. The van der Waals surface area contributed by atoms with Gasteiger partial charge in [-0.25, -0.2) is 5.01 Å². The van der Waals surface area contributed by atoms with Gasteiger partial charge in [-0.1, -0.05) is 60.1 Å². The van der Waals surface area contributed by atoms with E-state index in [-0.39, 0.29) is 12.3 Å². The van der Waals surface area contributed by atoms with Crippen LogP contribution in [0.4, 0.5) is 0 Å². The summed E-state index contributed by atoms with van der Waals surface area (Å²) in [4.78, 5) is 0. The lowest BCUT2D eigenvalue weighted by atomic mass is 9.95. The molecule has 0 radical (unpaired) electrons. The smallest absolute Gasteiger partial charge is 0.215 e. The van der Waals surface area contributed by atoms with Gasteiger partial charge in [-0.15, -0.1) is 0 Å². The van der Waals surface area contributed by atoms with Crippen molar-refractivity contribution in [2.45, 2.75) is 25.6 Å². The fraction of sp³-hybridized carbons (Fsp3) is 0.208. The topological polar surface area (TPSA) is 34.1 Å². The van der Waals surface area contributed by atoms with E-state index in [9.17, 15) is 0 Å². The summed E-state index contributed by atoms with van der Waals surface area (Å²) in [6.45, 7) is 2.61. The second kappa shape index (κ2) is 7.45. The fourth-order valence-corrected chi connectivity index (χ4v) is 4.24. The minimum atomic E-state index is -0.375. The van der Waals surface area contributed by atoms with Crippen molar-refractivity contribution in [1.82, 2.24) is 5.01 Å². The van der Waals surface area contributed by atoms with Crippen LogP contribution in [-0.4, -0.2) is 17.3 Å². The van der Waals surface area contributed by atoms with Crippen LogP contribution in [-0.2, 0) is 0 Å². The molecule has 2 heterocycles. The van der Waals surface area contributed by atoms with E-state index < -0.39 is 0 Å². The van der Waals surface area contributed by atoms with E-state index in [2.05, 4.69) is 18.2 Å². The number of nitrogens with zero attached hydrogens (tertiary/aromatic N) is 2. The van der Waals surface area contributed by atoms with Crippen molar-refractivity contribution in [3.63, 3.8) is 0 Å². The lowest BCUT2D eigenvalue weighted by molar-refractivity contribution is -0.0191. The third-order valence-corrected chi connectivity index (χ3v) is 5.69. The molecule has 29 heavy (non-hydrogen) atoms. The molecule has 4 nitrogen and oxygen atoms in total. The maximum Gasteiger partial charge on any atom is 0.215 e. The van der Waals surface area contributed by atoms with Gasteiger partial charge >= 0.3 is 0 Å². The molecule has 0 amide bonds. The molecule has 0 unspecified atom stereocenters. The van der Waals surface area contributed by atoms with Crippen LogP contribution in [0, 0.1) is 0 Å². The van der Waals surface area contributed by atoms with Crippen LogP contribution >= 0.6 is 11.6 Å². The molecular formula is C24H21ClN2O2. The van der Waals surface area contributed by atoms with E-state index in [0.29, 0.717) is 11.6 Å². The van der Waals surface area contributed by atoms with Crippen molar-refractivity contribution < 1.29 is 9.47 Å². The van der Waals surface area contributed by atoms with Gasteiger partial charge in [0.25, 0.3) is 0 Å². The number of halogens is 1. The van der Waals surface area contributed by atoms with Crippen LogP contribution in [0.25, 0.3) is 0 Å². The van der Waals surface area contributed by atoms with Crippen molar-refractivity contribution in [2.75, 3.05) is 6.61 Å². The molecule has 0 N–H and O–H groups in total. The van der Waals surface area contributed by atoms with Gasteiger partial charge in [0, 0.05) is 22.6 Å². The molecule has 0 spiro atoms. The standard InChI is InChI=1S/C24H21ClN2O2/c1-2-28-17-12-13-23-19(14-17)22-15-21(16-8-4-3-5-9-16)26-27(22)24(29-23)18-10-6-7-11-20(18)25/h3-14,22,24H,2,15H2,1H3/t22-,24-/m0/s1. The van der Waals surface area contributed by atoms with E-state index >= 15 is 0 Å². The number of benzene rings is 3. The summed E-state index contributed by atoms with van der Waals surface area (Å²) >= 11 is 6.52. The van der Waals surface area contributed by atoms with Crippen molar-refractivity contribution in [2.24, 2.45) is 5.10 Å². The van der Waals surface area contributed by atoms with Gasteiger partial charge in [0.05, 0.1) is 18.4 Å². The first-order valence-corrected chi connectivity index (χ1v) is 10.2. The Bertz CT molecular complexity index is 1070. The van der Waals surface area contributed by atoms with E-state index in [4.69, 9.17) is 26.2 Å². The quantitative estimate of drug-likeness (QED) is 0.536. The van der Waals surface area contributed by atoms with E-state index in [1.165, 1.54) is 0 Å². The minimum Gasteiger partial charge on any atom is -0.494 e. The van der Waals surface area contributed by atoms with Crippen LogP contribution in [0.3, 0.4) is 0 Å². The molecule has 2 aliphatic heterocycles. The molecule has 0 saturated carbocycles. The average Bonchev–Trinajstić information content (AvgIpc) is 3.21. The largest absolute Gasteiger partial charge is 0.494 e. The Morgan fingerprint density at radius 1 is 1.03 bits per heavy atom. The SMILES string of the molecule is CCOc1ccc2c(c1)[C@@H]1CC(c3ccccc3)=NN1[C@H](c1ccccc1Cl)O2. The average molecular weight is 405 g/mol. The summed E-state index contributed by atoms with van der Waals surface area (Å²) < 4.78 is 12.1. The summed E-state index contributed by atoms with van der Waals surface area (Å²) in [7, 11) is 0. The van der Waals surface area contributed by atoms with Gasteiger partial charge in [0.1, 0.15) is 11.5 Å². The zero-order valence-corrected chi connectivity index (χ0v) is 16.8. The Balaban J connectivity index is 1.61. The van der Waals surface area contributed by atoms with Crippen LogP contribution in [0.15, 0.2) is 77.9 Å². The highest BCUT2D eigenvalue weighted by molar-refractivity contribution is 6.31. The van der Waals surface area contributed by atoms with Crippen molar-refractivity contribution in [3.05, 3.63) is 94.5 Å². The number of fused-ring (bicyclic) bond motifs is 3. The van der Waals surface area contributed by atoms with Crippen LogP contribution in [0.1, 0.15) is 42.3 Å². The van der Waals surface area contributed by atoms with E-state index in [1.807, 2.05) is 66.5 Å². The van der Waals surface area contributed by atoms with Gasteiger partial charge in [-0.05, 0) is 36.8 Å². The monoisotopic (exact) mass is 404 g/mol. The third-order valence-electron chi connectivity index (χ3n) is 5.35. The van der Waals surface area contributed by atoms with Gasteiger partial charge in [-0.3, -0.25) is 0 Å². The summed E-state index contributed by atoms with van der Waals surface area (Å²) in [5.74, 6) is 1.70. The fourth-order valence-electron chi connectivity index (χ4n) is 4.01. The van der Waals surface area contributed by atoms with Crippen molar-refractivity contribution >= 4 is 17.3 Å². The summed E-state index contributed by atoms with van der Waals surface area (Å²) in [5.41, 5.74) is 4.18. The molecule has 5 rings (SSSR count). The molecule has 146 valence electrons. The van der Waals surface area contributed by atoms with Crippen LogP contribution < -0.4 is 9.47 Å². The Kier molecular flexibility index (Phi) is 4.64. The molecule has 2 atom stereocenters. The third kappa shape index (κ3) is 3.23. The molecule has 0 fully saturated rings. The zero-order chi connectivity index (χ0) is 19.8. The Morgan fingerprint density at radius 2 is 1.83 bits per heavy atom. The molecule has 0 aromatic heterocycles. The van der Waals surface area contributed by atoms with Crippen LogP contribution in [0.2, 0.25) is 5.02 Å². The molecule has 5 heteroatoms. The Labute approximate surface area is 175 Å². The molecule has 0 aliphatic carbocycles. The molecule has 0 bridgehead atoms. The number of hydrogen-bond donors (Lipinski definition) is 0. The molecular weight excluding hydrogens is 384 g/mol.